The van der Waals surface area contributed by atoms with Gasteiger partial charge in [-0.1, -0.05) is 18.6 Å². The number of benzene rings is 1. The van der Waals surface area contributed by atoms with E-state index in [0.717, 1.165) is 42.8 Å². The van der Waals surface area contributed by atoms with Crippen LogP contribution in [0.4, 0.5) is 0 Å². The monoisotopic (exact) mass is 288 g/mol. The van der Waals surface area contributed by atoms with Gasteiger partial charge in [-0.2, -0.15) is 0 Å². The summed E-state index contributed by atoms with van der Waals surface area (Å²) < 4.78 is 5.76. The highest BCUT2D eigenvalue weighted by Crippen LogP contribution is 2.23. The van der Waals surface area contributed by atoms with Gasteiger partial charge < -0.3 is 9.52 Å². The highest BCUT2D eigenvalue weighted by Gasteiger charge is 2.26. The van der Waals surface area contributed by atoms with Crippen molar-refractivity contribution in [1.29, 1.82) is 0 Å². The van der Waals surface area contributed by atoms with Crippen molar-refractivity contribution in [3.8, 4) is 0 Å². The molecule has 2 unspecified atom stereocenters. The molecule has 4 heteroatoms. The van der Waals surface area contributed by atoms with Crippen LogP contribution in [-0.4, -0.2) is 40.2 Å². The summed E-state index contributed by atoms with van der Waals surface area (Å²) >= 11 is 0. The molecule has 0 amide bonds. The topological polar surface area (TPSA) is 49.5 Å². The van der Waals surface area contributed by atoms with Crippen molar-refractivity contribution in [2.24, 2.45) is 0 Å². The molecule has 2 atom stereocenters. The number of aryl methyl sites for hydroxylation is 1. The minimum Gasteiger partial charge on any atom is -0.441 e. The zero-order valence-corrected chi connectivity index (χ0v) is 12.7. The van der Waals surface area contributed by atoms with Crippen LogP contribution in [0.2, 0.25) is 0 Å². The highest BCUT2D eigenvalue weighted by molar-refractivity contribution is 5.72. The fourth-order valence-corrected chi connectivity index (χ4v) is 3.38. The number of oxazole rings is 1. The minimum atomic E-state index is 0.271. The first-order valence-electron chi connectivity index (χ1n) is 7.99. The molecule has 1 saturated heterocycles. The summed E-state index contributed by atoms with van der Waals surface area (Å²) in [5.74, 6) is 0.821. The summed E-state index contributed by atoms with van der Waals surface area (Å²) in [6, 6.07) is 8.79. The van der Waals surface area contributed by atoms with Gasteiger partial charge in [0.2, 0.25) is 0 Å². The summed E-state index contributed by atoms with van der Waals surface area (Å²) in [6.45, 7) is 3.54. The van der Waals surface area contributed by atoms with E-state index < -0.39 is 0 Å². The van der Waals surface area contributed by atoms with Gasteiger partial charge in [0.25, 0.3) is 0 Å². The molecular weight excluding hydrogens is 264 g/mol. The smallest absolute Gasteiger partial charge is 0.195 e. The van der Waals surface area contributed by atoms with Gasteiger partial charge in [0.1, 0.15) is 5.52 Å². The van der Waals surface area contributed by atoms with Crippen LogP contribution in [0.5, 0.6) is 0 Å². The number of fused-ring (bicyclic) bond motifs is 1. The van der Waals surface area contributed by atoms with E-state index in [0.29, 0.717) is 12.1 Å². The molecule has 1 aromatic carbocycles. The molecule has 1 fully saturated rings. The lowest BCUT2D eigenvalue weighted by molar-refractivity contribution is 0.0507. The molecule has 2 aromatic rings. The van der Waals surface area contributed by atoms with E-state index in [1.54, 1.807) is 0 Å². The number of hydrogen-bond acceptors (Lipinski definition) is 4. The summed E-state index contributed by atoms with van der Waals surface area (Å²) in [6.07, 6.45) is 5.46. The Hall–Kier alpha value is -1.39. The maximum Gasteiger partial charge on any atom is 0.195 e. The number of aliphatic hydroxyl groups is 1. The molecule has 1 N–H and O–H groups in total. The fraction of sp³-hybridized carbons (Fsp3) is 0.588. The van der Waals surface area contributed by atoms with Crippen LogP contribution in [0.25, 0.3) is 11.1 Å². The Kier molecular flexibility index (Phi) is 4.56. The Morgan fingerprint density at radius 3 is 3.00 bits per heavy atom. The second-order valence-electron chi connectivity index (χ2n) is 6.03. The van der Waals surface area contributed by atoms with Crippen LogP contribution in [0.3, 0.4) is 0 Å². The summed E-state index contributed by atoms with van der Waals surface area (Å²) in [4.78, 5) is 6.97. The SMILES string of the molecule is CC1CCCC(CO)N1CCCc1nc2ccccc2o1. The van der Waals surface area contributed by atoms with E-state index in [-0.39, 0.29) is 6.61 Å². The molecule has 4 nitrogen and oxygen atoms in total. The van der Waals surface area contributed by atoms with Crippen LogP contribution in [-0.2, 0) is 6.42 Å². The lowest BCUT2D eigenvalue weighted by atomic mass is 9.96. The molecule has 2 heterocycles. The van der Waals surface area contributed by atoms with Gasteiger partial charge in [0.15, 0.2) is 11.5 Å². The third-order valence-electron chi connectivity index (χ3n) is 4.55. The Morgan fingerprint density at radius 1 is 1.33 bits per heavy atom. The predicted molar refractivity (Wildman–Crippen MR) is 83.2 cm³/mol. The first kappa shape index (κ1) is 14.5. The molecule has 3 rings (SSSR count). The Morgan fingerprint density at radius 2 is 2.19 bits per heavy atom. The van der Waals surface area contributed by atoms with E-state index in [1.807, 2.05) is 24.3 Å². The number of rotatable bonds is 5. The van der Waals surface area contributed by atoms with Gasteiger partial charge in [-0.25, -0.2) is 4.98 Å². The average Bonchev–Trinajstić information content (AvgIpc) is 2.91. The molecule has 0 aliphatic carbocycles. The van der Waals surface area contributed by atoms with Gasteiger partial charge in [-0.3, -0.25) is 4.90 Å². The molecule has 0 bridgehead atoms. The summed E-state index contributed by atoms with van der Waals surface area (Å²) in [5.41, 5.74) is 1.80. The normalized spacial score (nSPS) is 23.7. The Labute approximate surface area is 125 Å². The van der Waals surface area contributed by atoms with Gasteiger partial charge >= 0.3 is 0 Å². The van der Waals surface area contributed by atoms with E-state index in [9.17, 15) is 5.11 Å². The Bertz CT molecular complexity index is 548. The molecule has 1 aliphatic rings. The molecule has 0 radical (unpaired) electrons. The van der Waals surface area contributed by atoms with E-state index in [2.05, 4.69) is 16.8 Å². The minimum absolute atomic E-state index is 0.271. The Balaban J connectivity index is 1.57. The largest absolute Gasteiger partial charge is 0.441 e. The van der Waals surface area contributed by atoms with E-state index in [4.69, 9.17) is 4.42 Å². The number of para-hydroxylation sites is 2. The first-order chi connectivity index (χ1) is 10.3. The zero-order valence-electron chi connectivity index (χ0n) is 12.7. The highest BCUT2D eigenvalue weighted by atomic mass is 16.3. The number of piperidine rings is 1. The lowest BCUT2D eigenvalue weighted by Crippen LogP contribution is -2.47. The van der Waals surface area contributed by atoms with Gasteiger partial charge in [-0.05, 0) is 44.9 Å². The first-order valence-corrected chi connectivity index (χ1v) is 7.99. The van der Waals surface area contributed by atoms with E-state index >= 15 is 0 Å². The second kappa shape index (κ2) is 6.58. The van der Waals surface area contributed by atoms with Gasteiger partial charge in [0, 0.05) is 18.5 Å². The van der Waals surface area contributed by atoms with Crippen molar-refractivity contribution >= 4 is 11.1 Å². The maximum absolute atomic E-state index is 9.52. The fourth-order valence-electron chi connectivity index (χ4n) is 3.38. The number of hydrogen-bond donors (Lipinski definition) is 1. The lowest BCUT2D eigenvalue weighted by Gasteiger charge is -2.39. The second-order valence-corrected chi connectivity index (χ2v) is 6.03. The van der Waals surface area contributed by atoms with Crippen molar-refractivity contribution < 1.29 is 9.52 Å². The molecule has 0 saturated carbocycles. The average molecular weight is 288 g/mol. The number of aromatic nitrogens is 1. The van der Waals surface area contributed by atoms with Crippen molar-refractivity contribution in [2.45, 2.75) is 51.1 Å². The van der Waals surface area contributed by atoms with Crippen LogP contribution < -0.4 is 0 Å². The number of likely N-dealkylation sites (tertiary alicyclic amines) is 1. The quantitative estimate of drug-likeness (QED) is 0.919. The third-order valence-corrected chi connectivity index (χ3v) is 4.55. The molecule has 1 aromatic heterocycles. The summed E-state index contributed by atoms with van der Waals surface area (Å²) in [5, 5.41) is 9.52. The molecule has 0 spiro atoms. The standard InChI is InChI=1S/C17H24N2O2/c1-13-6-4-7-14(12-20)19(13)11-5-10-17-18-15-8-2-3-9-16(15)21-17/h2-3,8-9,13-14,20H,4-7,10-12H2,1H3. The van der Waals surface area contributed by atoms with Crippen molar-refractivity contribution in [2.75, 3.05) is 13.2 Å². The van der Waals surface area contributed by atoms with Crippen molar-refractivity contribution in [3.05, 3.63) is 30.2 Å². The van der Waals surface area contributed by atoms with Crippen LogP contribution in [0.15, 0.2) is 28.7 Å². The maximum atomic E-state index is 9.52. The van der Waals surface area contributed by atoms with E-state index in [1.165, 1.54) is 12.8 Å². The van der Waals surface area contributed by atoms with Gasteiger partial charge in [-0.15, -0.1) is 0 Å². The number of nitrogens with zero attached hydrogens (tertiary/aromatic N) is 2. The van der Waals surface area contributed by atoms with Gasteiger partial charge in [0.05, 0.1) is 6.61 Å². The molecular formula is C17H24N2O2. The molecule has 1 aliphatic heterocycles. The van der Waals surface area contributed by atoms with Crippen molar-refractivity contribution in [1.82, 2.24) is 9.88 Å². The van der Waals surface area contributed by atoms with Crippen LogP contribution in [0, 0.1) is 0 Å². The van der Waals surface area contributed by atoms with Crippen LogP contribution >= 0.6 is 0 Å². The van der Waals surface area contributed by atoms with Crippen LogP contribution in [0.1, 0.15) is 38.5 Å². The predicted octanol–water partition coefficient (Wildman–Crippen LogP) is 3.00. The number of aliphatic hydroxyl groups excluding tert-OH is 1. The summed E-state index contributed by atoms with van der Waals surface area (Å²) in [7, 11) is 0. The third kappa shape index (κ3) is 3.27. The molecule has 21 heavy (non-hydrogen) atoms. The molecule has 114 valence electrons. The van der Waals surface area contributed by atoms with Crippen molar-refractivity contribution in [3.63, 3.8) is 0 Å². The zero-order chi connectivity index (χ0) is 14.7.